The molecule has 0 spiro atoms. The van der Waals surface area contributed by atoms with Gasteiger partial charge >= 0.3 is 0 Å². The molecule has 6 heteroatoms. The fourth-order valence-electron chi connectivity index (χ4n) is 3.25. The van der Waals surface area contributed by atoms with Crippen LogP contribution in [0.25, 0.3) is 22.3 Å². The summed E-state index contributed by atoms with van der Waals surface area (Å²) < 4.78 is 0. The fraction of sp³-hybridized carbons (Fsp3) is 0. The van der Waals surface area contributed by atoms with Crippen molar-refractivity contribution in [2.24, 2.45) is 0 Å². The van der Waals surface area contributed by atoms with E-state index in [4.69, 9.17) is 0 Å². The molecule has 1 aliphatic heterocycles. The maximum Gasteiger partial charge on any atom is 0.277 e. The fourth-order valence-corrected chi connectivity index (χ4v) is 3.25. The maximum absolute atomic E-state index is 12.4. The van der Waals surface area contributed by atoms with Crippen LogP contribution in [0.2, 0.25) is 0 Å². The summed E-state index contributed by atoms with van der Waals surface area (Å²) in [5, 5.41) is 13.7. The minimum Gasteiger partial charge on any atom is -0.288 e. The number of nitro benzene ring substituents is 1. The summed E-state index contributed by atoms with van der Waals surface area (Å²) in [6.45, 7) is 0. The lowest BCUT2D eigenvalue weighted by molar-refractivity contribution is -0.384. The van der Waals surface area contributed by atoms with E-state index in [1.807, 2.05) is 30.3 Å². The minimum atomic E-state index is -0.545. The molecule has 3 aromatic carbocycles. The Labute approximate surface area is 148 Å². The first kappa shape index (κ1) is 15.7. The van der Waals surface area contributed by atoms with Crippen LogP contribution in [-0.4, -0.2) is 16.7 Å². The van der Waals surface area contributed by atoms with Crippen LogP contribution in [0.1, 0.15) is 20.7 Å². The zero-order valence-corrected chi connectivity index (χ0v) is 13.4. The molecule has 3 aromatic rings. The third-order valence-corrected chi connectivity index (χ3v) is 4.36. The van der Waals surface area contributed by atoms with Crippen LogP contribution in [0.5, 0.6) is 0 Å². The minimum absolute atomic E-state index is 0.116. The first-order valence-electron chi connectivity index (χ1n) is 7.90. The summed E-state index contributed by atoms with van der Waals surface area (Å²) in [6.07, 6.45) is 0. The van der Waals surface area contributed by atoms with Crippen LogP contribution in [0.15, 0.2) is 66.7 Å². The molecule has 26 heavy (non-hydrogen) atoms. The van der Waals surface area contributed by atoms with Crippen LogP contribution in [0, 0.1) is 10.1 Å². The van der Waals surface area contributed by atoms with Crippen molar-refractivity contribution in [2.45, 2.75) is 0 Å². The van der Waals surface area contributed by atoms with Gasteiger partial charge in [-0.3, -0.25) is 25.0 Å². The summed E-state index contributed by atoms with van der Waals surface area (Å²) in [7, 11) is 0. The van der Waals surface area contributed by atoms with Gasteiger partial charge in [0.2, 0.25) is 0 Å². The number of nitrogens with one attached hydrogen (secondary N) is 1. The lowest BCUT2D eigenvalue weighted by Crippen LogP contribution is -2.20. The van der Waals surface area contributed by atoms with Gasteiger partial charge in [0.25, 0.3) is 17.5 Å². The number of hydrogen-bond donors (Lipinski definition) is 1. The molecule has 4 rings (SSSR count). The largest absolute Gasteiger partial charge is 0.288 e. The quantitative estimate of drug-likeness (QED) is 0.444. The standard InChI is InChI=1S/C20H12N2O4/c23-19-17-13(12-6-2-1-3-7-12)10-11-15(18(17)20(24)21-19)14-8-4-5-9-16(14)22(25)26/h1-11H,(H,21,23,24). The van der Waals surface area contributed by atoms with Crippen molar-refractivity contribution < 1.29 is 14.5 Å². The molecule has 0 fully saturated rings. The van der Waals surface area contributed by atoms with Crippen molar-refractivity contribution in [3.63, 3.8) is 0 Å². The Balaban J connectivity index is 2.03. The number of carbonyl (C=O) groups is 2. The van der Waals surface area contributed by atoms with Crippen LogP contribution in [-0.2, 0) is 0 Å². The molecule has 126 valence electrons. The highest BCUT2D eigenvalue weighted by Gasteiger charge is 2.34. The molecule has 0 bridgehead atoms. The number of rotatable bonds is 3. The normalized spacial score (nSPS) is 12.6. The molecule has 0 saturated heterocycles. The maximum atomic E-state index is 12.4. The van der Waals surface area contributed by atoms with E-state index in [1.165, 1.54) is 6.07 Å². The summed E-state index contributed by atoms with van der Waals surface area (Å²) in [5.74, 6) is -1.04. The summed E-state index contributed by atoms with van der Waals surface area (Å²) in [6, 6.07) is 18.8. The highest BCUT2D eigenvalue weighted by atomic mass is 16.6. The molecule has 2 amide bonds. The number of para-hydroxylation sites is 1. The number of nitrogens with zero attached hydrogens (tertiary/aromatic N) is 1. The predicted molar refractivity (Wildman–Crippen MR) is 95.8 cm³/mol. The van der Waals surface area contributed by atoms with Crippen molar-refractivity contribution in [3.05, 3.63) is 88.0 Å². The lowest BCUT2D eigenvalue weighted by Gasteiger charge is -2.11. The average Bonchev–Trinajstić information content (AvgIpc) is 2.96. The van der Waals surface area contributed by atoms with Gasteiger partial charge in [-0.05, 0) is 17.2 Å². The van der Waals surface area contributed by atoms with E-state index < -0.39 is 16.7 Å². The Bertz CT molecular complexity index is 1070. The van der Waals surface area contributed by atoms with Crippen molar-refractivity contribution in [2.75, 3.05) is 0 Å². The Morgan fingerprint density at radius 2 is 1.27 bits per heavy atom. The number of carbonyl (C=O) groups excluding carboxylic acids is 2. The van der Waals surface area contributed by atoms with Gasteiger partial charge in [-0.25, -0.2) is 0 Å². The lowest BCUT2D eigenvalue weighted by atomic mass is 9.90. The second-order valence-corrected chi connectivity index (χ2v) is 5.83. The first-order valence-corrected chi connectivity index (χ1v) is 7.90. The van der Waals surface area contributed by atoms with Gasteiger partial charge in [0.1, 0.15) is 0 Å². The Kier molecular flexibility index (Phi) is 3.58. The molecular weight excluding hydrogens is 332 g/mol. The third kappa shape index (κ3) is 2.36. The van der Waals surface area contributed by atoms with E-state index >= 15 is 0 Å². The van der Waals surface area contributed by atoms with Crippen molar-refractivity contribution in [1.82, 2.24) is 5.32 Å². The predicted octanol–water partition coefficient (Wildman–Crippen LogP) is 3.81. The molecule has 0 unspecified atom stereocenters. The van der Waals surface area contributed by atoms with Crippen molar-refractivity contribution >= 4 is 17.5 Å². The van der Waals surface area contributed by atoms with Gasteiger partial charge in [0.15, 0.2) is 0 Å². The van der Waals surface area contributed by atoms with Crippen molar-refractivity contribution in [3.8, 4) is 22.3 Å². The van der Waals surface area contributed by atoms with Gasteiger partial charge in [-0.15, -0.1) is 0 Å². The highest BCUT2D eigenvalue weighted by molar-refractivity contribution is 6.26. The van der Waals surface area contributed by atoms with Crippen LogP contribution in [0.4, 0.5) is 5.69 Å². The highest BCUT2D eigenvalue weighted by Crippen LogP contribution is 2.39. The summed E-state index contributed by atoms with van der Waals surface area (Å²) in [5.41, 5.74) is 2.39. The first-order chi connectivity index (χ1) is 12.6. The van der Waals surface area contributed by atoms with Crippen molar-refractivity contribution in [1.29, 1.82) is 0 Å². The second kappa shape index (κ2) is 5.93. The van der Waals surface area contributed by atoms with E-state index in [0.717, 1.165) is 5.56 Å². The Hall–Kier alpha value is -3.80. The molecule has 1 heterocycles. The molecular formula is C20H12N2O4. The third-order valence-electron chi connectivity index (χ3n) is 4.36. The molecule has 0 saturated carbocycles. The summed E-state index contributed by atoms with van der Waals surface area (Å²) >= 11 is 0. The van der Waals surface area contributed by atoms with Crippen LogP contribution >= 0.6 is 0 Å². The second-order valence-electron chi connectivity index (χ2n) is 5.83. The van der Waals surface area contributed by atoms with E-state index in [9.17, 15) is 19.7 Å². The van der Waals surface area contributed by atoms with E-state index in [0.29, 0.717) is 16.7 Å². The number of fused-ring (bicyclic) bond motifs is 1. The number of imide groups is 1. The zero-order valence-electron chi connectivity index (χ0n) is 13.4. The SMILES string of the molecule is O=C1NC(=O)c2c(-c3ccccc3[N+](=O)[O-])ccc(-c3ccccc3)c21. The van der Waals surface area contributed by atoms with Crippen LogP contribution < -0.4 is 5.32 Å². The van der Waals surface area contributed by atoms with Gasteiger partial charge < -0.3 is 0 Å². The van der Waals surface area contributed by atoms with E-state index in [2.05, 4.69) is 5.32 Å². The summed E-state index contributed by atoms with van der Waals surface area (Å²) in [4.78, 5) is 35.7. The van der Waals surface area contributed by atoms with E-state index in [1.54, 1.807) is 30.3 Å². The molecule has 0 aromatic heterocycles. The molecule has 0 atom stereocenters. The molecule has 1 N–H and O–H groups in total. The Morgan fingerprint density at radius 1 is 0.692 bits per heavy atom. The molecule has 0 aliphatic carbocycles. The zero-order chi connectivity index (χ0) is 18.3. The average molecular weight is 344 g/mol. The number of nitro groups is 1. The molecule has 6 nitrogen and oxygen atoms in total. The van der Waals surface area contributed by atoms with Gasteiger partial charge in [0, 0.05) is 11.6 Å². The van der Waals surface area contributed by atoms with Gasteiger partial charge in [-0.1, -0.05) is 54.6 Å². The van der Waals surface area contributed by atoms with Gasteiger partial charge in [0.05, 0.1) is 21.6 Å². The monoisotopic (exact) mass is 344 g/mol. The molecule has 0 radical (unpaired) electrons. The smallest absolute Gasteiger partial charge is 0.277 e. The number of amides is 2. The Morgan fingerprint density at radius 3 is 1.96 bits per heavy atom. The number of benzene rings is 3. The van der Waals surface area contributed by atoms with Gasteiger partial charge in [-0.2, -0.15) is 0 Å². The number of hydrogen-bond acceptors (Lipinski definition) is 4. The van der Waals surface area contributed by atoms with Crippen LogP contribution in [0.3, 0.4) is 0 Å². The van der Waals surface area contributed by atoms with E-state index in [-0.39, 0.29) is 16.8 Å². The topological polar surface area (TPSA) is 89.3 Å². The molecule has 1 aliphatic rings.